The minimum Gasteiger partial charge on any atom is -0.450 e. The molecule has 0 aliphatic carbocycles. The van der Waals surface area contributed by atoms with E-state index in [1.807, 2.05) is 5.32 Å². The summed E-state index contributed by atoms with van der Waals surface area (Å²) < 4.78 is 43.6. The molecule has 0 fully saturated rings. The molecule has 29 heavy (non-hydrogen) atoms. The number of benzene rings is 1. The van der Waals surface area contributed by atoms with Gasteiger partial charge in [-0.05, 0) is 31.9 Å². The summed E-state index contributed by atoms with van der Waals surface area (Å²) in [6.45, 7) is 3.18. The molecule has 0 saturated carbocycles. The summed E-state index contributed by atoms with van der Waals surface area (Å²) in [7, 11) is 1.66. The van der Waals surface area contributed by atoms with Crippen molar-refractivity contribution in [3.05, 3.63) is 30.5 Å². The quantitative estimate of drug-likeness (QED) is 0.671. The van der Waals surface area contributed by atoms with Crippen LogP contribution < -0.4 is 5.32 Å². The van der Waals surface area contributed by atoms with Gasteiger partial charge in [-0.1, -0.05) is 17.3 Å². The van der Waals surface area contributed by atoms with Gasteiger partial charge in [-0.2, -0.15) is 13.2 Å². The fourth-order valence-corrected chi connectivity index (χ4v) is 2.45. The molecule has 0 saturated heterocycles. The van der Waals surface area contributed by atoms with E-state index in [4.69, 9.17) is 4.74 Å². The van der Waals surface area contributed by atoms with Crippen molar-refractivity contribution in [2.45, 2.75) is 32.5 Å². The molecule has 11 heteroatoms. The van der Waals surface area contributed by atoms with E-state index in [9.17, 15) is 22.8 Å². The monoisotopic (exact) mass is 413 g/mol. The van der Waals surface area contributed by atoms with Crippen LogP contribution in [-0.2, 0) is 16.1 Å². The molecule has 1 heterocycles. The Bertz CT molecular complexity index is 838. The summed E-state index contributed by atoms with van der Waals surface area (Å²) in [4.78, 5) is 24.1. The highest BCUT2D eigenvalue weighted by Crippen LogP contribution is 2.23. The Balaban J connectivity index is 1.89. The molecule has 0 aliphatic rings. The van der Waals surface area contributed by atoms with Crippen LogP contribution in [0.5, 0.6) is 0 Å². The summed E-state index contributed by atoms with van der Waals surface area (Å²) in [6.07, 6.45) is -2.18. The number of aromatic nitrogens is 3. The van der Waals surface area contributed by atoms with E-state index < -0.39 is 12.1 Å². The third-order valence-corrected chi connectivity index (χ3v) is 3.92. The van der Waals surface area contributed by atoms with E-state index in [2.05, 4.69) is 10.3 Å². The normalized spacial score (nSPS) is 11.2. The van der Waals surface area contributed by atoms with Gasteiger partial charge in [0.2, 0.25) is 0 Å². The van der Waals surface area contributed by atoms with Crippen molar-refractivity contribution in [1.29, 1.82) is 0 Å². The van der Waals surface area contributed by atoms with E-state index in [1.165, 1.54) is 23.1 Å². The van der Waals surface area contributed by atoms with E-state index in [-0.39, 0.29) is 11.8 Å². The van der Waals surface area contributed by atoms with Crippen LogP contribution in [0.1, 0.15) is 19.8 Å². The Kier molecular flexibility index (Phi) is 7.57. The molecule has 0 bridgehead atoms. The molecule has 1 N–H and O–H groups in total. The van der Waals surface area contributed by atoms with Crippen molar-refractivity contribution in [2.24, 2.45) is 0 Å². The SMILES string of the molecule is CCOC(=O)N(C)CCCCn1cc(-c2cccc(NC(=O)C(F)(F)F)c2)nn1. The highest BCUT2D eigenvalue weighted by Gasteiger charge is 2.38. The zero-order chi connectivity index (χ0) is 21.4. The first kappa shape index (κ1) is 22.2. The molecular weight excluding hydrogens is 391 g/mol. The largest absolute Gasteiger partial charge is 0.471 e. The lowest BCUT2D eigenvalue weighted by Gasteiger charge is -2.15. The first-order valence-corrected chi connectivity index (χ1v) is 8.97. The van der Waals surface area contributed by atoms with Gasteiger partial charge in [0.25, 0.3) is 0 Å². The van der Waals surface area contributed by atoms with Gasteiger partial charge >= 0.3 is 18.2 Å². The summed E-state index contributed by atoms with van der Waals surface area (Å²) in [5.41, 5.74) is 1.01. The first-order valence-electron chi connectivity index (χ1n) is 8.97. The third-order valence-electron chi connectivity index (χ3n) is 3.92. The average Bonchev–Trinajstić information content (AvgIpc) is 3.13. The maximum Gasteiger partial charge on any atom is 0.471 e. The number of nitrogens with one attached hydrogen (secondary N) is 1. The second kappa shape index (κ2) is 9.89. The van der Waals surface area contributed by atoms with Gasteiger partial charge in [-0.15, -0.1) is 5.10 Å². The zero-order valence-electron chi connectivity index (χ0n) is 16.1. The number of rotatable bonds is 8. The third kappa shape index (κ3) is 6.77. The van der Waals surface area contributed by atoms with Gasteiger partial charge in [-0.25, -0.2) is 4.79 Å². The molecule has 1 aromatic carbocycles. The first-order chi connectivity index (χ1) is 13.7. The van der Waals surface area contributed by atoms with E-state index in [1.54, 1.807) is 30.9 Å². The predicted molar refractivity (Wildman–Crippen MR) is 99.0 cm³/mol. The minimum atomic E-state index is -4.96. The Morgan fingerprint density at radius 3 is 2.72 bits per heavy atom. The van der Waals surface area contributed by atoms with Crippen LogP contribution in [0.25, 0.3) is 11.3 Å². The second-order valence-corrected chi connectivity index (χ2v) is 6.23. The van der Waals surface area contributed by atoms with E-state index >= 15 is 0 Å². The molecule has 0 aliphatic heterocycles. The van der Waals surface area contributed by atoms with Crippen LogP contribution in [0.3, 0.4) is 0 Å². The van der Waals surface area contributed by atoms with Crippen molar-refractivity contribution in [3.63, 3.8) is 0 Å². The number of carbonyl (C=O) groups excluding carboxylic acids is 2. The molecule has 2 amide bonds. The Morgan fingerprint density at radius 2 is 2.03 bits per heavy atom. The summed E-state index contributed by atoms with van der Waals surface area (Å²) in [5, 5.41) is 9.82. The number of halogens is 3. The lowest BCUT2D eigenvalue weighted by molar-refractivity contribution is -0.167. The van der Waals surface area contributed by atoms with Crippen LogP contribution >= 0.6 is 0 Å². The molecule has 8 nitrogen and oxygen atoms in total. The van der Waals surface area contributed by atoms with Gasteiger partial charge in [0.15, 0.2) is 0 Å². The zero-order valence-corrected chi connectivity index (χ0v) is 16.1. The number of anilines is 1. The average molecular weight is 413 g/mol. The predicted octanol–water partition coefficient (Wildman–Crippen LogP) is 3.31. The van der Waals surface area contributed by atoms with Crippen LogP contribution in [0.4, 0.5) is 23.7 Å². The molecule has 0 atom stereocenters. The van der Waals surface area contributed by atoms with Gasteiger partial charge in [-0.3, -0.25) is 9.48 Å². The van der Waals surface area contributed by atoms with Crippen molar-refractivity contribution < 1.29 is 27.5 Å². The van der Waals surface area contributed by atoms with Crippen LogP contribution in [0.15, 0.2) is 30.5 Å². The Labute approximate surface area is 165 Å². The molecular formula is C18H22F3N5O3. The number of ether oxygens (including phenoxy) is 1. The number of alkyl halides is 3. The topological polar surface area (TPSA) is 89.4 Å². The van der Waals surface area contributed by atoms with Crippen molar-refractivity contribution >= 4 is 17.7 Å². The Hall–Kier alpha value is -3.11. The molecule has 0 radical (unpaired) electrons. The highest BCUT2D eigenvalue weighted by atomic mass is 19.4. The lowest BCUT2D eigenvalue weighted by atomic mass is 10.1. The standard InChI is InChI=1S/C18H22F3N5O3/c1-3-29-17(28)25(2)9-4-5-10-26-12-15(23-24-26)13-7-6-8-14(11-13)22-16(27)18(19,20)21/h6-8,11-12H,3-5,9-10H2,1-2H3,(H,22,27). The van der Waals surface area contributed by atoms with Gasteiger partial charge in [0, 0.05) is 31.4 Å². The van der Waals surface area contributed by atoms with Gasteiger partial charge < -0.3 is 15.0 Å². The molecule has 1 aromatic heterocycles. The number of amides is 2. The maximum absolute atomic E-state index is 12.4. The number of hydrogen-bond acceptors (Lipinski definition) is 5. The number of hydrogen-bond donors (Lipinski definition) is 1. The smallest absolute Gasteiger partial charge is 0.450 e. The molecule has 0 spiro atoms. The maximum atomic E-state index is 12.4. The minimum absolute atomic E-state index is 0.0152. The fraction of sp³-hybridized carbons (Fsp3) is 0.444. The van der Waals surface area contributed by atoms with E-state index in [0.29, 0.717) is 31.0 Å². The molecule has 158 valence electrons. The number of nitrogens with zero attached hydrogens (tertiary/aromatic N) is 4. The van der Waals surface area contributed by atoms with Crippen molar-refractivity contribution in [2.75, 3.05) is 25.5 Å². The summed E-state index contributed by atoms with van der Waals surface area (Å²) in [6, 6.07) is 5.93. The van der Waals surface area contributed by atoms with Gasteiger partial charge in [0.1, 0.15) is 5.69 Å². The summed E-state index contributed by atoms with van der Waals surface area (Å²) >= 11 is 0. The lowest BCUT2D eigenvalue weighted by Crippen LogP contribution is -2.29. The molecule has 2 rings (SSSR count). The van der Waals surface area contributed by atoms with Crippen LogP contribution in [0.2, 0.25) is 0 Å². The van der Waals surface area contributed by atoms with Gasteiger partial charge in [0.05, 0.1) is 12.8 Å². The van der Waals surface area contributed by atoms with Crippen LogP contribution in [-0.4, -0.2) is 58.3 Å². The summed E-state index contributed by atoms with van der Waals surface area (Å²) in [5.74, 6) is -2.04. The molecule has 2 aromatic rings. The van der Waals surface area contributed by atoms with Crippen LogP contribution in [0, 0.1) is 0 Å². The van der Waals surface area contributed by atoms with Crippen molar-refractivity contribution in [3.8, 4) is 11.3 Å². The number of carbonyl (C=O) groups is 2. The molecule has 0 unspecified atom stereocenters. The van der Waals surface area contributed by atoms with E-state index in [0.717, 1.165) is 12.8 Å². The second-order valence-electron chi connectivity index (χ2n) is 6.23. The Morgan fingerprint density at radius 1 is 1.28 bits per heavy atom. The fourth-order valence-electron chi connectivity index (χ4n) is 2.45. The number of unbranched alkanes of at least 4 members (excludes halogenated alkanes) is 1. The van der Waals surface area contributed by atoms with Crippen molar-refractivity contribution in [1.82, 2.24) is 19.9 Å². The highest BCUT2D eigenvalue weighted by molar-refractivity contribution is 5.95. The number of aryl methyl sites for hydroxylation is 1.